The fourth-order valence-electron chi connectivity index (χ4n) is 2.23. The van der Waals surface area contributed by atoms with Gasteiger partial charge in [0.05, 0.1) is 5.69 Å². The van der Waals surface area contributed by atoms with E-state index in [1.54, 1.807) is 0 Å². The van der Waals surface area contributed by atoms with E-state index < -0.39 is 15.8 Å². The van der Waals surface area contributed by atoms with Crippen LogP contribution in [0.25, 0.3) is 0 Å². The summed E-state index contributed by atoms with van der Waals surface area (Å²) in [5, 5.41) is 5.84. The fourth-order valence-corrected chi connectivity index (χ4v) is 3.29. The van der Waals surface area contributed by atoms with Gasteiger partial charge < -0.3 is 15.6 Å². The van der Waals surface area contributed by atoms with E-state index in [1.807, 2.05) is 0 Å². The minimum absolute atomic E-state index is 0.135. The van der Waals surface area contributed by atoms with E-state index in [-0.39, 0.29) is 22.2 Å². The summed E-state index contributed by atoms with van der Waals surface area (Å²) in [5.41, 5.74) is -0.0154. The molecule has 1 aliphatic heterocycles. The van der Waals surface area contributed by atoms with Gasteiger partial charge in [-0.3, -0.25) is 9.52 Å². The number of anilines is 1. The smallest absolute Gasteiger partial charge is 0.267 e. The van der Waals surface area contributed by atoms with Crippen LogP contribution in [0.1, 0.15) is 10.5 Å². The van der Waals surface area contributed by atoms with Crippen molar-refractivity contribution < 1.29 is 17.6 Å². The molecule has 1 aromatic carbocycles. The first kappa shape index (κ1) is 16.5. The number of hydrogen-bond donors (Lipinski definition) is 4. The number of nitrogens with one attached hydrogen (secondary N) is 4. The number of aromatic amines is 1. The van der Waals surface area contributed by atoms with Gasteiger partial charge >= 0.3 is 0 Å². The van der Waals surface area contributed by atoms with Crippen molar-refractivity contribution in [3.8, 4) is 0 Å². The minimum atomic E-state index is -3.98. The molecule has 2 heterocycles. The van der Waals surface area contributed by atoms with E-state index in [9.17, 15) is 17.6 Å². The van der Waals surface area contributed by atoms with Gasteiger partial charge in [0.15, 0.2) is 0 Å². The Morgan fingerprint density at radius 3 is 2.71 bits per heavy atom. The second-order valence-electron chi connectivity index (χ2n) is 5.57. The van der Waals surface area contributed by atoms with Crippen molar-refractivity contribution in [1.29, 1.82) is 0 Å². The van der Waals surface area contributed by atoms with Crippen LogP contribution in [0, 0.1) is 11.7 Å². The zero-order valence-corrected chi connectivity index (χ0v) is 13.5. The third-order valence-electron chi connectivity index (χ3n) is 3.75. The third kappa shape index (κ3) is 3.57. The Labute approximate surface area is 138 Å². The maximum Gasteiger partial charge on any atom is 0.267 e. The second kappa shape index (κ2) is 6.62. The topological polar surface area (TPSA) is 103 Å². The molecule has 7 nitrogen and oxygen atoms in total. The van der Waals surface area contributed by atoms with Gasteiger partial charge in [0.1, 0.15) is 16.4 Å². The normalized spacial score (nSPS) is 14.9. The van der Waals surface area contributed by atoms with E-state index in [0.29, 0.717) is 12.5 Å². The van der Waals surface area contributed by atoms with Crippen molar-refractivity contribution in [3.05, 3.63) is 48.0 Å². The van der Waals surface area contributed by atoms with E-state index in [4.69, 9.17) is 0 Å². The molecule has 0 aliphatic carbocycles. The van der Waals surface area contributed by atoms with Crippen molar-refractivity contribution >= 4 is 21.6 Å². The SMILES string of the molecule is O=C(NCC1CNC1)c1cc(S(=O)(=O)Nc2ccccc2F)c[nH]1. The summed E-state index contributed by atoms with van der Waals surface area (Å²) >= 11 is 0. The summed E-state index contributed by atoms with van der Waals surface area (Å²) in [6.07, 6.45) is 1.20. The molecule has 0 saturated carbocycles. The molecule has 0 unspecified atom stereocenters. The number of sulfonamides is 1. The molecule has 24 heavy (non-hydrogen) atoms. The predicted molar refractivity (Wildman–Crippen MR) is 86.7 cm³/mol. The van der Waals surface area contributed by atoms with E-state index in [2.05, 4.69) is 20.3 Å². The third-order valence-corrected chi connectivity index (χ3v) is 5.09. The zero-order valence-electron chi connectivity index (χ0n) is 12.7. The largest absolute Gasteiger partial charge is 0.356 e. The quantitative estimate of drug-likeness (QED) is 0.620. The molecule has 1 aromatic heterocycles. The van der Waals surface area contributed by atoms with Gasteiger partial charge in [-0.1, -0.05) is 12.1 Å². The number of carbonyl (C=O) groups is 1. The number of H-pyrrole nitrogens is 1. The number of hydrogen-bond acceptors (Lipinski definition) is 4. The number of halogens is 1. The van der Waals surface area contributed by atoms with E-state index >= 15 is 0 Å². The molecule has 0 bridgehead atoms. The molecule has 128 valence electrons. The van der Waals surface area contributed by atoms with E-state index in [1.165, 1.54) is 30.5 Å². The van der Waals surface area contributed by atoms with Gasteiger partial charge in [-0.25, -0.2) is 12.8 Å². The highest BCUT2D eigenvalue weighted by Gasteiger charge is 2.21. The van der Waals surface area contributed by atoms with Crippen molar-refractivity contribution in [2.75, 3.05) is 24.4 Å². The Morgan fingerprint density at radius 1 is 1.29 bits per heavy atom. The Bertz CT molecular complexity index is 846. The van der Waals surface area contributed by atoms with Gasteiger partial charge in [0, 0.05) is 31.7 Å². The van der Waals surface area contributed by atoms with Crippen LogP contribution in [0.4, 0.5) is 10.1 Å². The van der Waals surface area contributed by atoms with Gasteiger partial charge in [-0.2, -0.15) is 0 Å². The lowest BCUT2D eigenvalue weighted by Crippen LogP contribution is -2.48. The highest BCUT2D eigenvalue weighted by Crippen LogP contribution is 2.19. The second-order valence-corrected chi connectivity index (χ2v) is 7.25. The van der Waals surface area contributed by atoms with Crippen molar-refractivity contribution in [2.24, 2.45) is 5.92 Å². The molecule has 3 rings (SSSR count). The number of aromatic nitrogens is 1. The van der Waals surface area contributed by atoms with Crippen LogP contribution in [-0.4, -0.2) is 38.9 Å². The van der Waals surface area contributed by atoms with Crippen LogP contribution in [0.15, 0.2) is 41.4 Å². The molecule has 1 saturated heterocycles. The first-order valence-corrected chi connectivity index (χ1v) is 8.89. The Kier molecular flexibility index (Phi) is 4.54. The molecule has 0 radical (unpaired) electrons. The highest BCUT2D eigenvalue weighted by molar-refractivity contribution is 7.92. The maximum absolute atomic E-state index is 13.6. The first-order valence-electron chi connectivity index (χ1n) is 7.40. The average molecular weight is 352 g/mol. The Hall–Kier alpha value is -2.39. The molecule has 1 amide bonds. The molecule has 0 spiro atoms. The number of carbonyl (C=O) groups excluding carboxylic acids is 1. The molecular formula is C15H17FN4O3S. The number of amides is 1. The molecule has 1 fully saturated rings. The number of rotatable bonds is 6. The van der Waals surface area contributed by atoms with Gasteiger partial charge in [0.25, 0.3) is 15.9 Å². The molecule has 0 atom stereocenters. The molecule has 2 aromatic rings. The van der Waals surface area contributed by atoms with E-state index in [0.717, 1.165) is 19.2 Å². The van der Waals surface area contributed by atoms with Gasteiger partial charge in [-0.05, 0) is 18.2 Å². The average Bonchev–Trinajstić information content (AvgIpc) is 2.98. The molecular weight excluding hydrogens is 335 g/mol. The van der Waals surface area contributed by atoms with Crippen LogP contribution in [0.2, 0.25) is 0 Å². The van der Waals surface area contributed by atoms with Crippen LogP contribution in [0.3, 0.4) is 0 Å². The lowest BCUT2D eigenvalue weighted by atomic mass is 10.0. The van der Waals surface area contributed by atoms with Crippen LogP contribution >= 0.6 is 0 Å². The summed E-state index contributed by atoms with van der Waals surface area (Å²) in [5.74, 6) is -0.659. The summed E-state index contributed by atoms with van der Waals surface area (Å²) < 4.78 is 40.3. The fraction of sp³-hybridized carbons (Fsp3) is 0.267. The summed E-state index contributed by atoms with van der Waals surface area (Å²) in [6.45, 7) is 2.24. The summed E-state index contributed by atoms with van der Waals surface area (Å²) in [6, 6.07) is 6.68. The summed E-state index contributed by atoms with van der Waals surface area (Å²) in [4.78, 5) is 14.5. The number of benzene rings is 1. The Morgan fingerprint density at radius 2 is 2.04 bits per heavy atom. The van der Waals surface area contributed by atoms with Gasteiger partial charge in [0.2, 0.25) is 0 Å². The lowest BCUT2D eigenvalue weighted by molar-refractivity contribution is 0.0938. The van der Waals surface area contributed by atoms with Crippen molar-refractivity contribution in [3.63, 3.8) is 0 Å². The highest BCUT2D eigenvalue weighted by atomic mass is 32.2. The van der Waals surface area contributed by atoms with Gasteiger partial charge in [-0.15, -0.1) is 0 Å². The number of para-hydroxylation sites is 1. The van der Waals surface area contributed by atoms with Crippen molar-refractivity contribution in [2.45, 2.75) is 4.90 Å². The Balaban J connectivity index is 1.69. The first-order chi connectivity index (χ1) is 11.5. The van der Waals surface area contributed by atoms with Crippen LogP contribution < -0.4 is 15.4 Å². The van der Waals surface area contributed by atoms with Crippen molar-refractivity contribution in [1.82, 2.24) is 15.6 Å². The summed E-state index contributed by atoms with van der Waals surface area (Å²) in [7, 11) is -3.98. The van der Waals surface area contributed by atoms with Crippen LogP contribution in [-0.2, 0) is 10.0 Å². The maximum atomic E-state index is 13.6. The monoisotopic (exact) mass is 352 g/mol. The lowest BCUT2D eigenvalue weighted by Gasteiger charge is -2.26. The zero-order chi connectivity index (χ0) is 17.2. The predicted octanol–water partition coefficient (Wildman–Crippen LogP) is 0.904. The minimum Gasteiger partial charge on any atom is -0.356 e. The molecule has 1 aliphatic rings. The molecule has 4 N–H and O–H groups in total. The van der Waals surface area contributed by atoms with Crippen LogP contribution in [0.5, 0.6) is 0 Å². The standard InChI is InChI=1S/C15H17FN4O3S/c16-12-3-1-2-4-13(12)20-24(22,23)11-5-14(18-9-11)15(21)19-8-10-6-17-7-10/h1-5,9-10,17-18,20H,6-8H2,(H,19,21). The molecule has 9 heteroatoms.